The van der Waals surface area contributed by atoms with Gasteiger partial charge in [0.2, 0.25) is 5.43 Å². The summed E-state index contributed by atoms with van der Waals surface area (Å²) in [5, 5.41) is 8.02. The molecule has 0 aliphatic carbocycles. The van der Waals surface area contributed by atoms with Crippen LogP contribution in [0.1, 0.15) is 34.7 Å². The average molecular weight is 402 g/mol. The highest BCUT2D eigenvalue weighted by Crippen LogP contribution is 2.23. The molecule has 0 aliphatic heterocycles. The van der Waals surface area contributed by atoms with Crippen LogP contribution in [0.25, 0.3) is 5.69 Å². The van der Waals surface area contributed by atoms with Gasteiger partial charge in [-0.25, -0.2) is 4.68 Å². The number of nitrogens with one attached hydrogen (secondary N) is 1. The molecule has 0 spiro atoms. The molecule has 0 saturated carbocycles. The minimum absolute atomic E-state index is 0.209. The van der Waals surface area contributed by atoms with Gasteiger partial charge in [-0.05, 0) is 37.6 Å². The van der Waals surface area contributed by atoms with Gasteiger partial charge in [0.25, 0.3) is 5.91 Å². The lowest BCUT2D eigenvalue weighted by molar-refractivity contribution is 0.0932. The number of benzene rings is 2. The van der Waals surface area contributed by atoms with E-state index in [1.54, 1.807) is 44.2 Å². The van der Waals surface area contributed by atoms with E-state index in [4.69, 9.17) is 23.2 Å². The van der Waals surface area contributed by atoms with Gasteiger partial charge in [-0.1, -0.05) is 53.5 Å². The molecule has 1 atom stereocenters. The molecule has 3 aromatic rings. The SMILES string of the molecule is Cc1cc(=O)c(C(=O)NC(C)c2ccccc2Cl)nn1-c1ccccc1Cl. The Hall–Kier alpha value is -2.63. The van der Waals surface area contributed by atoms with Gasteiger partial charge < -0.3 is 5.32 Å². The van der Waals surface area contributed by atoms with Gasteiger partial charge in [-0.15, -0.1) is 0 Å². The highest BCUT2D eigenvalue weighted by molar-refractivity contribution is 6.32. The van der Waals surface area contributed by atoms with Crippen molar-refractivity contribution < 1.29 is 4.79 Å². The van der Waals surface area contributed by atoms with Crippen LogP contribution in [0, 0.1) is 6.92 Å². The number of amides is 1. The Balaban J connectivity index is 1.96. The van der Waals surface area contributed by atoms with Crippen molar-refractivity contribution in [2.24, 2.45) is 0 Å². The number of aromatic nitrogens is 2. The molecule has 1 aromatic heterocycles. The smallest absolute Gasteiger partial charge is 0.276 e. The van der Waals surface area contributed by atoms with E-state index in [0.717, 1.165) is 5.56 Å². The summed E-state index contributed by atoms with van der Waals surface area (Å²) in [5.41, 5.74) is 1.25. The summed E-state index contributed by atoms with van der Waals surface area (Å²) in [5.74, 6) is -0.576. The molecule has 27 heavy (non-hydrogen) atoms. The third-order valence-electron chi connectivity index (χ3n) is 4.12. The molecular weight excluding hydrogens is 385 g/mol. The number of rotatable bonds is 4. The third kappa shape index (κ3) is 4.04. The van der Waals surface area contributed by atoms with Crippen molar-refractivity contribution in [2.75, 3.05) is 0 Å². The van der Waals surface area contributed by atoms with Crippen LogP contribution in [0.4, 0.5) is 0 Å². The lowest BCUT2D eigenvalue weighted by atomic mass is 10.1. The van der Waals surface area contributed by atoms with Gasteiger partial charge in [0.1, 0.15) is 0 Å². The lowest BCUT2D eigenvalue weighted by Gasteiger charge is -2.16. The van der Waals surface area contributed by atoms with Crippen LogP contribution < -0.4 is 10.7 Å². The molecule has 0 bridgehead atoms. The highest BCUT2D eigenvalue weighted by Gasteiger charge is 2.19. The fourth-order valence-corrected chi connectivity index (χ4v) is 3.26. The first kappa shape index (κ1) is 19.1. The first-order chi connectivity index (χ1) is 12.9. The predicted molar refractivity (Wildman–Crippen MR) is 107 cm³/mol. The molecule has 7 heteroatoms. The minimum atomic E-state index is -0.576. The zero-order valence-electron chi connectivity index (χ0n) is 14.7. The Kier molecular flexibility index (Phi) is 5.63. The topological polar surface area (TPSA) is 64.0 Å². The van der Waals surface area contributed by atoms with E-state index < -0.39 is 11.3 Å². The minimum Gasteiger partial charge on any atom is -0.344 e. The summed E-state index contributed by atoms with van der Waals surface area (Å²) < 4.78 is 1.48. The fraction of sp³-hybridized carbons (Fsp3) is 0.150. The molecule has 3 rings (SSSR count). The van der Waals surface area contributed by atoms with Crippen LogP contribution in [0.5, 0.6) is 0 Å². The third-order valence-corrected chi connectivity index (χ3v) is 4.79. The monoisotopic (exact) mass is 401 g/mol. The van der Waals surface area contributed by atoms with E-state index in [-0.39, 0.29) is 11.7 Å². The maximum absolute atomic E-state index is 12.7. The Morgan fingerprint density at radius 2 is 1.70 bits per heavy atom. The normalized spacial score (nSPS) is 11.9. The molecule has 1 N–H and O–H groups in total. The quantitative estimate of drug-likeness (QED) is 0.706. The van der Waals surface area contributed by atoms with Gasteiger partial charge in [0, 0.05) is 16.8 Å². The van der Waals surface area contributed by atoms with Gasteiger partial charge in [-0.2, -0.15) is 5.10 Å². The summed E-state index contributed by atoms with van der Waals surface area (Å²) in [4.78, 5) is 25.0. The van der Waals surface area contributed by atoms with Crippen molar-refractivity contribution in [1.29, 1.82) is 0 Å². The summed E-state index contributed by atoms with van der Waals surface area (Å²) >= 11 is 12.4. The second kappa shape index (κ2) is 7.94. The number of para-hydroxylation sites is 1. The van der Waals surface area contributed by atoms with E-state index in [1.165, 1.54) is 10.7 Å². The number of hydrogen-bond acceptors (Lipinski definition) is 3. The molecule has 0 aliphatic rings. The fourth-order valence-electron chi connectivity index (χ4n) is 2.74. The van der Waals surface area contributed by atoms with E-state index in [0.29, 0.717) is 21.4 Å². The molecule has 1 heterocycles. The van der Waals surface area contributed by atoms with Crippen molar-refractivity contribution in [3.8, 4) is 5.69 Å². The Morgan fingerprint density at radius 3 is 2.37 bits per heavy atom. The maximum atomic E-state index is 12.7. The molecule has 2 aromatic carbocycles. The molecule has 1 unspecified atom stereocenters. The molecule has 0 saturated heterocycles. The van der Waals surface area contributed by atoms with Gasteiger partial charge in [0.05, 0.1) is 16.8 Å². The number of hydrogen-bond donors (Lipinski definition) is 1. The zero-order chi connectivity index (χ0) is 19.6. The van der Waals surface area contributed by atoms with E-state index in [2.05, 4.69) is 10.4 Å². The van der Waals surface area contributed by atoms with Crippen LogP contribution in [-0.2, 0) is 0 Å². The summed E-state index contributed by atoms with van der Waals surface area (Å²) in [6.07, 6.45) is 0. The van der Waals surface area contributed by atoms with E-state index >= 15 is 0 Å². The lowest BCUT2D eigenvalue weighted by Crippen LogP contribution is -2.33. The maximum Gasteiger partial charge on any atom is 0.276 e. The number of nitrogens with zero attached hydrogens (tertiary/aromatic N) is 2. The van der Waals surface area contributed by atoms with Crippen LogP contribution in [0.2, 0.25) is 10.0 Å². The van der Waals surface area contributed by atoms with E-state index in [1.807, 2.05) is 18.2 Å². The standard InChI is InChI=1S/C20H17Cl2N3O2/c1-12-11-18(26)19(24-25(12)17-10-6-5-9-16(17)22)20(27)23-13(2)14-7-3-4-8-15(14)21/h3-11,13H,1-2H3,(H,23,27). The van der Waals surface area contributed by atoms with E-state index in [9.17, 15) is 9.59 Å². The van der Waals surface area contributed by atoms with Crippen LogP contribution in [-0.4, -0.2) is 15.7 Å². The number of carbonyl (C=O) groups excluding carboxylic acids is 1. The summed E-state index contributed by atoms with van der Waals surface area (Å²) in [6, 6.07) is 15.3. The van der Waals surface area contributed by atoms with Crippen molar-refractivity contribution in [3.05, 3.63) is 91.8 Å². The Bertz CT molecular complexity index is 1060. The first-order valence-electron chi connectivity index (χ1n) is 8.29. The van der Waals surface area contributed by atoms with Crippen molar-refractivity contribution >= 4 is 29.1 Å². The van der Waals surface area contributed by atoms with Crippen LogP contribution in [0.15, 0.2) is 59.4 Å². The average Bonchev–Trinajstić information content (AvgIpc) is 2.63. The number of halogens is 2. The summed E-state index contributed by atoms with van der Waals surface area (Å²) in [6.45, 7) is 3.52. The van der Waals surface area contributed by atoms with Crippen molar-refractivity contribution in [3.63, 3.8) is 0 Å². The van der Waals surface area contributed by atoms with Crippen molar-refractivity contribution in [1.82, 2.24) is 15.1 Å². The van der Waals surface area contributed by atoms with Gasteiger partial charge in [0.15, 0.2) is 5.69 Å². The highest BCUT2D eigenvalue weighted by atomic mass is 35.5. The molecule has 0 fully saturated rings. The second-order valence-electron chi connectivity index (χ2n) is 6.08. The molecule has 1 amide bonds. The van der Waals surface area contributed by atoms with Crippen LogP contribution in [0.3, 0.4) is 0 Å². The first-order valence-corrected chi connectivity index (χ1v) is 9.05. The van der Waals surface area contributed by atoms with Gasteiger partial charge >= 0.3 is 0 Å². The molecular formula is C20H17Cl2N3O2. The Morgan fingerprint density at radius 1 is 1.07 bits per heavy atom. The number of carbonyl (C=O) groups is 1. The largest absolute Gasteiger partial charge is 0.344 e. The molecule has 138 valence electrons. The Labute approximate surface area is 166 Å². The van der Waals surface area contributed by atoms with Crippen LogP contribution >= 0.6 is 23.2 Å². The number of aryl methyl sites for hydroxylation is 1. The molecule has 0 radical (unpaired) electrons. The second-order valence-corrected chi connectivity index (χ2v) is 6.89. The summed E-state index contributed by atoms with van der Waals surface area (Å²) in [7, 11) is 0. The van der Waals surface area contributed by atoms with Crippen molar-refractivity contribution in [2.45, 2.75) is 19.9 Å². The zero-order valence-corrected chi connectivity index (χ0v) is 16.3. The van der Waals surface area contributed by atoms with Gasteiger partial charge in [-0.3, -0.25) is 9.59 Å². The predicted octanol–water partition coefficient (Wildman–Crippen LogP) is 4.34. The molecule has 5 nitrogen and oxygen atoms in total.